The molecule has 3 N–H and O–H groups in total. The van der Waals surface area contributed by atoms with Crippen LogP contribution in [0.25, 0.3) is 0 Å². The fraction of sp³-hybridized carbons (Fsp3) is 0.875. The first-order chi connectivity index (χ1) is 9.46. The molecule has 2 rings (SSSR count). The topological polar surface area (TPSA) is 55.1 Å². The van der Waals surface area contributed by atoms with Crippen molar-refractivity contribution < 1.29 is 4.79 Å². The van der Waals surface area contributed by atoms with E-state index in [2.05, 4.69) is 5.32 Å². The van der Waals surface area contributed by atoms with E-state index in [9.17, 15) is 4.79 Å². The highest BCUT2D eigenvalue weighted by molar-refractivity contribution is 7.80. The molecule has 0 spiro atoms. The summed E-state index contributed by atoms with van der Waals surface area (Å²) in [5.74, 6) is 1.97. The van der Waals surface area contributed by atoms with Crippen molar-refractivity contribution in [3.8, 4) is 0 Å². The maximum Gasteiger partial charge on any atom is 0.223 e. The minimum atomic E-state index is -0.532. The molecular formula is C16H28N2OS. The number of nitrogens with one attached hydrogen (secondary N) is 1. The summed E-state index contributed by atoms with van der Waals surface area (Å²) in [5.41, 5.74) is 5.25. The van der Waals surface area contributed by atoms with Crippen LogP contribution in [0.1, 0.15) is 65.2 Å². The van der Waals surface area contributed by atoms with E-state index in [0.717, 1.165) is 31.1 Å². The van der Waals surface area contributed by atoms with Crippen LogP contribution in [0, 0.1) is 17.8 Å². The zero-order chi connectivity index (χ0) is 14.8. The van der Waals surface area contributed by atoms with Gasteiger partial charge >= 0.3 is 0 Å². The fourth-order valence-corrected chi connectivity index (χ4v) is 4.01. The Morgan fingerprint density at radius 1 is 1.25 bits per heavy atom. The fourth-order valence-electron chi connectivity index (χ4n) is 3.81. The quantitative estimate of drug-likeness (QED) is 0.784. The van der Waals surface area contributed by atoms with Gasteiger partial charge in [0.1, 0.15) is 0 Å². The highest BCUT2D eigenvalue weighted by Gasteiger charge is 2.37. The Morgan fingerprint density at radius 3 is 2.50 bits per heavy atom. The van der Waals surface area contributed by atoms with Crippen LogP contribution in [0.4, 0.5) is 0 Å². The third-order valence-electron chi connectivity index (χ3n) is 5.56. The van der Waals surface area contributed by atoms with Crippen LogP contribution in [0.3, 0.4) is 0 Å². The van der Waals surface area contributed by atoms with Gasteiger partial charge in [-0.2, -0.15) is 0 Å². The zero-order valence-electron chi connectivity index (χ0n) is 12.8. The van der Waals surface area contributed by atoms with E-state index in [4.69, 9.17) is 18.0 Å². The van der Waals surface area contributed by atoms with Crippen LogP contribution in [-0.2, 0) is 4.79 Å². The highest BCUT2D eigenvalue weighted by atomic mass is 32.1. The van der Waals surface area contributed by atoms with Crippen molar-refractivity contribution in [2.75, 3.05) is 0 Å². The monoisotopic (exact) mass is 296 g/mol. The predicted molar refractivity (Wildman–Crippen MR) is 86.4 cm³/mol. The summed E-state index contributed by atoms with van der Waals surface area (Å²) in [7, 11) is 0. The second kappa shape index (κ2) is 6.42. The molecule has 0 saturated heterocycles. The number of thiocarbonyl (C=S) groups is 1. The Hall–Kier alpha value is -0.640. The molecule has 2 aliphatic rings. The maximum atomic E-state index is 12.5. The van der Waals surface area contributed by atoms with E-state index >= 15 is 0 Å². The van der Waals surface area contributed by atoms with Gasteiger partial charge in [0, 0.05) is 5.92 Å². The lowest BCUT2D eigenvalue weighted by Crippen LogP contribution is -2.56. The van der Waals surface area contributed by atoms with Crippen molar-refractivity contribution in [2.45, 2.75) is 70.8 Å². The molecule has 0 aromatic heterocycles. The summed E-state index contributed by atoms with van der Waals surface area (Å²) in [4.78, 5) is 12.9. The standard InChI is InChI=1S/C16H28N2OS/c1-3-16(2,15(17)20)18-14(19)13-9-8-11-6-4-5-7-12(11)10-13/h11-13H,3-10H2,1-2H3,(H2,17,20)(H,18,19). The van der Waals surface area contributed by atoms with Gasteiger partial charge in [-0.15, -0.1) is 0 Å². The van der Waals surface area contributed by atoms with Gasteiger partial charge in [-0.05, 0) is 44.4 Å². The van der Waals surface area contributed by atoms with E-state index < -0.39 is 5.54 Å². The molecular weight excluding hydrogens is 268 g/mol. The average Bonchev–Trinajstić information content (AvgIpc) is 2.46. The first-order valence-electron chi connectivity index (χ1n) is 8.08. The third-order valence-corrected chi connectivity index (χ3v) is 6.01. The van der Waals surface area contributed by atoms with Gasteiger partial charge < -0.3 is 11.1 Å². The van der Waals surface area contributed by atoms with Crippen molar-refractivity contribution in [1.29, 1.82) is 0 Å². The largest absolute Gasteiger partial charge is 0.391 e. The van der Waals surface area contributed by atoms with Crippen molar-refractivity contribution in [3.05, 3.63) is 0 Å². The molecule has 114 valence electrons. The van der Waals surface area contributed by atoms with Crippen LogP contribution >= 0.6 is 12.2 Å². The second-order valence-corrected chi connectivity index (χ2v) is 7.29. The van der Waals surface area contributed by atoms with Gasteiger partial charge in [0.25, 0.3) is 0 Å². The molecule has 1 amide bonds. The van der Waals surface area contributed by atoms with Crippen molar-refractivity contribution in [3.63, 3.8) is 0 Å². The Bertz CT molecular complexity index is 385. The minimum Gasteiger partial charge on any atom is -0.391 e. The molecule has 3 nitrogen and oxygen atoms in total. The maximum absolute atomic E-state index is 12.5. The van der Waals surface area contributed by atoms with Crippen LogP contribution in [0.15, 0.2) is 0 Å². The van der Waals surface area contributed by atoms with Crippen LogP contribution in [0.2, 0.25) is 0 Å². The average molecular weight is 296 g/mol. The summed E-state index contributed by atoms with van der Waals surface area (Å²) < 4.78 is 0. The molecule has 4 heteroatoms. The number of carbonyl (C=O) groups is 1. The SMILES string of the molecule is CCC(C)(NC(=O)C1CCC2CCCCC2C1)C(N)=S. The molecule has 0 radical (unpaired) electrons. The lowest BCUT2D eigenvalue weighted by Gasteiger charge is -2.40. The molecule has 2 fully saturated rings. The predicted octanol–water partition coefficient (Wildman–Crippen LogP) is 3.16. The number of fused-ring (bicyclic) bond motifs is 1. The number of carbonyl (C=O) groups excluding carboxylic acids is 1. The van der Waals surface area contributed by atoms with E-state index in [1.165, 1.54) is 32.1 Å². The summed E-state index contributed by atoms with van der Waals surface area (Å²) in [6.45, 7) is 3.94. The number of nitrogens with two attached hydrogens (primary N) is 1. The van der Waals surface area contributed by atoms with Gasteiger partial charge in [-0.3, -0.25) is 4.79 Å². The molecule has 2 aliphatic carbocycles. The zero-order valence-corrected chi connectivity index (χ0v) is 13.6. The number of rotatable bonds is 4. The van der Waals surface area contributed by atoms with Gasteiger partial charge in [-0.25, -0.2) is 0 Å². The molecule has 20 heavy (non-hydrogen) atoms. The van der Waals surface area contributed by atoms with Crippen molar-refractivity contribution in [1.82, 2.24) is 5.32 Å². The van der Waals surface area contributed by atoms with Crippen molar-refractivity contribution in [2.24, 2.45) is 23.5 Å². The first kappa shape index (κ1) is 15.7. The lowest BCUT2D eigenvalue weighted by atomic mass is 9.67. The lowest BCUT2D eigenvalue weighted by molar-refractivity contribution is -0.128. The normalized spacial score (nSPS) is 32.8. The van der Waals surface area contributed by atoms with Crippen LogP contribution in [-0.4, -0.2) is 16.4 Å². The molecule has 0 heterocycles. The first-order valence-corrected chi connectivity index (χ1v) is 8.49. The van der Waals surface area contributed by atoms with E-state index in [-0.39, 0.29) is 11.8 Å². The highest BCUT2D eigenvalue weighted by Crippen LogP contribution is 2.42. The Labute approximate surface area is 128 Å². The molecule has 0 aromatic rings. The number of hydrogen-bond acceptors (Lipinski definition) is 2. The van der Waals surface area contributed by atoms with Crippen LogP contribution in [0.5, 0.6) is 0 Å². The van der Waals surface area contributed by atoms with E-state index in [1.807, 2.05) is 13.8 Å². The number of amides is 1. The summed E-state index contributed by atoms with van der Waals surface area (Å²) in [6, 6.07) is 0. The smallest absolute Gasteiger partial charge is 0.223 e. The van der Waals surface area contributed by atoms with Gasteiger partial charge in [0.05, 0.1) is 10.5 Å². The minimum absolute atomic E-state index is 0.158. The summed E-state index contributed by atoms with van der Waals surface area (Å²) >= 11 is 5.11. The molecule has 4 atom stereocenters. The molecule has 0 aromatic carbocycles. The van der Waals surface area contributed by atoms with Crippen LogP contribution < -0.4 is 11.1 Å². The van der Waals surface area contributed by atoms with Gasteiger partial charge in [0.15, 0.2) is 0 Å². The van der Waals surface area contributed by atoms with E-state index in [0.29, 0.717) is 4.99 Å². The molecule has 0 bridgehead atoms. The molecule has 2 saturated carbocycles. The van der Waals surface area contributed by atoms with Gasteiger partial charge in [0.2, 0.25) is 5.91 Å². The van der Waals surface area contributed by atoms with Gasteiger partial charge in [-0.1, -0.05) is 44.8 Å². The van der Waals surface area contributed by atoms with E-state index in [1.54, 1.807) is 0 Å². The van der Waals surface area contributed by atoms with Crippen molar-refractivity contribution >= 4 is 23.1 Å². The Balaban J connectivity index is 1.94. The second-order valence-electron chi connectivity index (χ2n) is 6.85. The Kier molecular flexibility index (Phi) is 5.05. The molecule has 0 aliphatic heterocycles. The summed E-state index contributed by atoms with van der Waals surface area (Å²) in [6.07, 6.45) is 9.47. The third kappa shape index (κ3) is 3.33. The Morgan fingerprint density at radius 2 is 1.90 bits per heavy atom. The summed E-state index contributed by atoms with van der Waals surface area (Å²) in [5, 5.41) is 3.10. The number of hydrogen-bond donors (Lipinski definition) is 2. The molecule has 4 unspecified atom stereocenters.